The SMILES string of the molecule is COc1cc(OC[C@H]2CCCN2CCO)c2c(Nc3cnn(CC(=O)Nc4cccc(F)c4F)c3)ncnc2c1. The number of nitrogens with one attached hydrogen (secondary N) is 2. The second-order valence-corrected chi connectivity index (χ2v) is 9.31. The number of nitrogens with zero attached hydrogens (tertiary/aromatic N) is 5. The summed E-state index contributed by atoms with van der Waals surface area (Å²) in [5.74, 6) is -1.16. The minimum Gasteiger partial charge on any atom is -0.497 e. The Morgan fingerprint density at radius 3 is 2.95 bits per heavy atom. The van der Waals surface area contributed by atoms with Crippen LogP contribution in [0.3, 0.4) is 0 Å². The minimum absolute atomic E-state index is 0.0948. The molecule has 1 aliphatic heterocycles. The van der Waals surface area contributed by atoms with Gasteiger partial charge in [-0.05, 0) is 31.5 Å². The van der Waals surface area contributed by atoms with Crippen LogP contribution in [-0.2, 0) is 11.3 Å². The lowest BCUT2D eigenvalue weighted by molar-refractivity contribution is -0.116. The lowest BCUT2D eigenvalue weighted by Crippen LogP contribution is -2.36. The number of halogens is 2. The molecule has 4 aromatic rings. The van der Waals surface area contributed by atoms with Gasteiger partial charge in [-0.25, -0.2) is 18.7 Å². The van der Waals surface area contributed by atoms with Crippen molar-refractivity contribution in [2.75, 3.05) is 44.0 Å². The number of carbonyl (C=O) groups excluding carboxylic acids is 1. The van der Waals surface area contributed by atoms with Gasteiger partial charge in [-0.1, -0.05) is 6.07 Å². The molecule has 11 nitrogen and oxygen atoms in total. The molecule has 13 heteroatoms. The molecule has 40 heavy (non-hydrogen) atoms. The molecule has 210 valence electrons. The molecule has 0 aliphatic carbocycles. The van der Waals surface area contributed by atoms with E-state index < -0.39 is 17.5 Å². The van der Waals surface area contributed by atoms with E-state index in [1.165, 1.54) is 29.3 Å². The van der Waals surface area contributed by atoms with Gasteiger partial charge in [0.2, 0.25) is 5.91 Å². The van der Waals surface area contributed by atoms with Crippen LogP contribution >= 0.6 is 0 Å². The molecule has 2 aromatic carbocycles. The van der Waals surface area contributed by atoms with Crippen LogP contribution in [-0.4, -0.2) is 75.1 Å². The van der Waals surface area contributed by atoms with Crippen molar-refractivity contribution in [3.8, 4) is 11.5 Å². The lowest BCUT2D eigenvalue weighted by atomic mass is 10.2. The molecule has 3 heterocycles. The molecule has 1 aliphatic rings. The zero-order valence-electron chi connectivity index (χ0n) is 21.8. The summed E-state index contributed by atoms with van der Waals surface area (Å²) < 4.78 is 40.4. The number of aliphatic hydroxyl groups excluding tert-OH is 1. The number of fused-ring (bicyclic) bond motifs is 1. The maximum absolute atomic E-state index is 13.9. The first-order chi connectivity index (χ1) is 19.4. The summed E-state index contributed by atoms with van der Waals surface area (Å²) in [6, 6.07) is 7.30. The first kappa shape index (κ1) is 27.2. The van der Waals surface area contributed by atoms with Crippen LogP contribution in [0.1, 0.15) is 12.8 Å². The summed E-state index contributed by atoms with van der Waals surface area (Å²) in [5, 5.41) is 19.7. The topological polar surface area (TPSA) is 127 Å². The quantitative estimate of drug-likeness (QED) is 0.256. The van der Waals surface area contributed by atoms with Crippen LogP contribution in [0, 0.1) is 11.6 Å². The van der Waals surface area contributed by atoms with Crippen molar-refractivity contribution in [2.45, 2.75) is 25.4 Å². The Labute approximate surface area is 228 Å². The lowest BCUT2D eigenvalue weighted by Gasteiger charge is -2.24. The van der Waals surface area contributed by atoms with E-state index in [0.717, 1.165) is 25.5 Å². The van der Waals surface area contributed by atoms with E-state index in [1.54, 1.807) is 25.4 Å². The van der Waals surface area contributed by atoms with Crippen LogP contribution < -0.4 is 20.1 Å². The maximum Gasteiger partial charge on any atom is 0.246 e. The number of hydrogen-bond acceptors (Lipinski definition) is 9. The fraction of sp³-hybridized carbons (Fsp3) is 0.333. The number of benzene rings is 2. The highest BCUT2D eigenvalue weighted by Gasteiger charge is 2.25. The predicted octanol–water partition coefficient (Wildman–Crippen LogP) is 3.33. The number of aliphatic hydroxyl groups is 1. The fourth-order valence-corrected chi connectivity index (χ4v) is 4.74. The van der Waals surface area contributed by atoms with Crippen molar-refractivity contribution in [3.05, 3.63) is 60.7 Å². The minimum atomic E-state index is -1.13. The van der Waals surface area contributed by atoms with E-state index in [0.29, 0.717) is 47.1 Å². The van der Waals surface area contributed by atoms with Crippen molar-refractivity contribution in [1.82, 2.24) is 24.6 Å². The third-order valence-electron chi connectivity index (χ3n) is 6.66. The summed E-state index contributed by atoms with van der Waals surface area (Å²) in [5.41, 5.74) is 0.897. The number of rotatable bonds is 11. The van der Waals surface area contributed by atoms with Gasteiger partial charge < -0.3 is 25.2 Å². The second-order valence-electron chi connectivity index (χ2n) is 9.31. The molecule has 0 saturated carbocycles. The summed E-state index contributed by atoms with van der Waals surface area (Å²) in [4.78, 5) is 23.4. The maximum atomic E-state index is 13.9. The molecule has 0 unspecified atom stereocenters. The van der Waals surface area contributed by atoms with Gasteiger partial charge in [0.1, 0.15) is 36.8 Å². The number of ether oxygens (including phenoxy) is 2. The van der Waals surface area contributed by atoms with Gasteiger partial charge in [0.15, 0.2) is 11.6 Å². The van der Waals surface area contributed by atoms with Crippen molar-refractivity contribution < 1.29 is 28.2 Å². The highest BCUT2D eigenvalue weighted by molar-refractivity contribution is 5.96. The van der Waals surface area contributed by atoms with E-state index in [-0.39, 0.29) is 24.9 Å². The Hall–Kier alpha value is -4.36. The number of β-amino-alcohol motifs (C(OH)–C–C–N with tert-alkyl or cyclic N) is 1. The number of methoxy groups -OCH3 is 1. The molecule has 1 atom stereocenters. The summed E-state index contributed by atoms with van der Waals surface area (Å²) in [6.45, 7) is 1.82. The average molecular weight is 554 g/mol. The number of anilines is 3. The first-order valence-electron chi connectivity index (χ1n) is 12.8. The molecular formula is C27H29F2N7O4. The van der Waals surface area contributed by atoms with Crippen LogP contribution in [0.15, 0.2) is 49.1 Å². The monoisotopic (exact) mass is 553 g/mol. The van der Waals surface area contributed by atoms with E-state index in [2.05, 4.69) is 30.6 Å². The van der Waals surface area contributed by atoms with Crippen LogP contribution in [0.25, 0.3) is 10.9 Å². The van der Waals surface area contributed by atoms with Crippen molar-refractivity contribution in [1.29, 1.82) is 0 Å². The van der Waals surface area contributed by atoms with Gasteiger partial charge in [-0.15, -0.1) is 0 Å². The predicted molar refractivity (Wildman–Crippen MR) is 144 cm³/mol. The Kier molecular flexibility index (Phi) is 8.31. The molecule has 2 aromatic heterocycles. The highest BCUT2D eigenvalue weighted by Crippen LogP contribution is 2.36. The first-order valence-corrected chi connectivity index (χ1v) is 12.8. The van der Waals surface area contributed by atoms with Gasteiger partial charge >= 0.3 is 0 Å². The third-order valence-corrected chi connectivity index (χ3v) is 6.66. The number of hydrogen-bond donors (Lipinski definition) is 3. The molecule has 1 fully saturated rings. The van der Waals surface area contributed by atoms with Crippen LogP contribution in [0.4, 0.5) is 26.0 Å². The van der Waals surface area contributed by atoms with Gasteiger partial charge in [0.25, 0.3) is 0 Å². The largest absolute Gasteiger partial charge is 0.497 e. The van der Waals surface area contributed by atoms with Gasteiger partial charge in [-0.2, -0.15) is 5.10 Å². The molecule has 0 radical (unpaired) electrons. The smallest absolute Gasteiger partial charge is 0.246 e. The Balaban J connectivity index is 1.33. The van der Waals surface area contributed by atoms with E-state index in [4.69, 9.17) is 9.47 Å². The van der Waals surface area contributed by atoms with Crippen LogP contribution in [0.5, 0.6) is 11.5 Å². The van der Waals surface area contributed by atoms with Crippen molar-refractivity contribution in [3.63, 3.8) is 0 Å². The Morgan fingerprint density at radius 1 is 1.25 bits per heavy atom. The Morgan fingerprint density at radius 2 is 2.12 bits per heavy atom. The van der Waals surface area contributed by atoms with Gasteiger partial charge in [0, 0.05) is 30.9 Å². The van der Waals surface area contributed by atoms with Crippen molar-refractivity contribution in [2.24, 2.45) is 0 Å². The van der Waals surface area contributed by atoms with Gasteiger partial charge in [-0.3, -0.25) is 14.4 Å². The number of carbonyl (C=O) groups is 1. The second kappa shape index (κ2) is 12.2. The van der Waals surface area contributed by atoms with E-state index >= 15 is 0 Å². The molecule has 0 bridgehead atoms. The molecular weight excluding hydrogens is 524 g/mol. The summed E-state index contributed by atoms with van der Waals surface area (Å²) >= 11 is 0. The zero-order valence-corrected chi connectivity index (χ0v) is 21.8. The van der Waals surface area contributed by atoms with Gasteiger partial charge in [0.05, 0.1) is 42.2 Å². The van der Waals surface area contributed by atoms with E-state index in [1.807, 2.05) is 0 Å². The number of amides is 1. The fourth-order valence-electron chi connectivity index (χ4n) is 4.74. The molecule has 5 rings (SSSR count). The van der Waals surface area contributed by atoms with E-state index in [9.17, 15) is 18.7 Å². The molecule has 1 saturated heterocycles. The average Bonchev–Trinajstić information content (AvgIpc) is 3.58. The normalized spacial score (nSPS) is 15.3. The standard InChI is InChI=1S/C27H29F2N7O4/c1-39-19-10-22-25(23(11-19)40-15-18-4-3-7-35(18)8-9-37)27(31-16-30-22)33-17-12-32-36(13-17)14-24(38)34-21-6-2-5-20(28)26(21)29/h2,5-6,10-13,16,18,37H,3-4,7-9,14-15H2,1H3,(H,34,38)(H,30,31,33)/t18-/m1/s1. The van der Waals surface area contributed by atoms with Crippen LogP contribution in [0.2, 0.25) is 0 Å². The third kappa shape index (κ3) is 6.10. The number of aromatic nitrogens is 4. The molecule has 3 N–H and O–H groups in total. The zero-order chi connectivity index (χ0) is 28.1. The summed E-state index contributed by atoms with van der Waals surface area (Å²) in [6.07, 6.45) is 6.54. The Bertz CT molecular complexity index is 1500. The summed E-state index contributed by atoms with van der Waals surface area (Å²) in [7, 11) is 1.57. The molecule has 0 spiro atoms. The highest BCUT2D eigenvalue weighted by atomic mass is 19.2. The molecule has 1 amide bonds. The number of likely N-dealkylation sites (tertiary alicyclic amines) is 1. The van der Waals surface area contributed by atoms with Crippen molar-refractivity contribution >= 4 is 34.0 Å².